The second-order valence-corrected chi connectivity index (χ2v) is 6.83. The van der Waals surface area contributed by atoms with Crippen molar-refractivity contribution in [2.45, 2.75) is 46.1 Å². The van der Waals surface area contributed by atoms with Gasteiger partial charge in [-0.2, -0.15) is 0 Å². The number of nitrogens with zero attached hydrogens (tertiary/aromatic N) is 1. The Bertz CT molecular complexity index is 793. The van der Waals surface area contributed by atoms with Crippen LogP contribution in [0.25, 0.3) is 0 Å². The number of nitro groups is 1. The number of para-hydroxylation sites is 1. The maximum absolute atomic E-state index is 12.4. The molecule has 0 saturated heterocycles. The van der Waals surface area contributed by atoms with Gasteiger partial charge in [-0.1, -0.05) is 44.9 Å². The average Bonchev–Trinajstić information content (AvgIpc) is 2.75. The molecular formula is C22H28N2O6. The minimum absolute atomic E-state index is 0.0471. The highest BCUT2D eigenvalue weighted by Crippen LogP contribution is 2.20. The Kier molecular flexibility index (Phi) is 9.08. The summed E-state index contributed by atoms with van der Waals surface area (Å²) >= 11 is 0. The van der Waals surface area contributed by atoms with Crippen LogP contribution in [0.5, 0.6) is 11.5 Å². The predicted octanol–water partition coefficient (Wildman–Crippen LogP) is 4.29. The summed E-state index contributed by atoms with van der Waals surface area (Å²) in [5, 5.41) is 13.8. The van der Waals surface area contributed by atoms with Crippen molar-refractivity contribution >= 4 is 11.7 Å². The summed E-state index contributed by atoms with van der Waals surface area (Å²) in [6, 6.07) is 13.9. The van der Waals surface area contributed by atoms with Crippen LogP contribution in [0.15, 0.2) is 54.6 Å². The molecule has 0 bridgehead atoms. The fourth-order valence-corrected chi connectivity index (χ4v) is 2.61. The zero-order valence-corrected chi connectivity index (χ0v) is 17.4. The van der Waals surface area contributed by atoms with Crippen LogP contribution in [0.4, 0.5) is 5.69 Å². The molecule has 8 nitrogen and oxygen atoms in total. The van der Waals surface area contributed by atoms with Crippen LogP contribution in [0.1, 0.15) is 33.6 Å². The van der Waals surface area contributed by atoms with Gasteiger partial charge in [0.1, 0.15) is 17.5 Å². The number of hydrogen-bond acceptors (Lipinski definition) is 7. The topological polar surface area (TPSA) is 99.9 Å². The van der Waals surface area contributed by atoms with Gasteiger partial charge in [0.2, 0.25) is 0 Å². The zero-order chi connectivity index (χ0) is 21.9. The second-order valence-electron chi connectivity index (χ2n) is 6.83. The molecule has 2 aromatic carbocycles. The lowest BCUT2D eigenvalue weighted by Gasteiger charge is -2.24. The van der Waals surface area contributed by atoms with Gasteiger partial charge in [-0.25, -0.2) is 5.32 Å². The number of esters is 1. The van der Waals surface area contributed by atoms with Gasteiger partial charge in [-0.15, -0.1) is 0 Å². The Morgan fingerprint density at radius 2 is 1.57 bits per heavy atom. The lowest BCUT2D eigenvalue weighted by Crippen LogP contribution is -2.48. The number of carbonyl (C=O) groups is 1. The molecule has 2 rings (SSSR count). The first-order valence-corrected chi connectivity index (χ1v) is 9.98. The largest absolute Gasteiger partial charge is 0.464 e. The van der Waals surface area contributed by atoms with Gasteiger partial charge in [0, 0.05) is 12.1 Å². The van der Waals surface area contributed by atoms with E-state index in [1.165, 1.54) is 24.3 Å². The number of nitro benzene ring substituents is 1. The fraction of sp³-hybridized carbons (Fsp3) is 0.409. The minimum Gasteiger partial charge on any atom is -0.464 e. The third-order valence-electron chi connectivity index (χ3n) is 4.63. The number of hydrogen-bond donors (Lipinski definition) is 1. The van der Waals surface area contributed by atoms with Crippen molar-refractivity contribution in [1.82, 2.24) is 5.32 Å². The molecule has 0 spiro atoms. The molecule has 162 valence electrons. The lowest BCUT2D eigenvalue weighted by atomic mass is 10.1. The van der Waals surface area contributed by atoms with Gasteiger partial charge in [-0.05, 0) is 37.1 Å². The Morgan fingerprint density at radius 1 is 1.00 bits per heavy atom. The monoisotopic (exact) mass is 416 g/mol. The SMILES string of the molecule is CCC(CC)COC(=O)[C@H](C)N[C@H](Oc1ccccc1)Oc1ccc([N+](=O)[O-])cc1. The second kappa shape index (κ2) is 11.8. The molecule has 0 aliphatic heterocycles. The molecule has 0 heterocycles. The molecule has 0 amide bonds. The third-order valence-corrected chi connectivity index (χ3v) is 4.63. The average molecular weight is 416 g/mol. The first-order chi connectivity index (χ1) is 14.4. The van der Waals surface area contributed by atoms with Crippen LogP contribution in [-0.4, -0.2) is 30.0 Å². The van der Waals surface area contributed by atoms with Crippen molar-refractivity contribution in [2.75, 3.05) is 6.61 Å². The Morgan fingerprint density at radius 3 is 2.10 bits per heavy atom. The Hall–Kier alpha value is -3.13. The van der Waals surface area contributed by atoms with Crippen LogP contribution >= 0.6 is 0 Å². The van der Waals surface area contributed by atoms with Crippen molar-refractivity contribution in [3.05, 3.63) is 64.7 Å². The van der Waals surface area contributed by atoms with Gasteiger partial charge in [0.25, 0.3) is 5.69 Å². The van der Waals surface area contributed by atoms with Crippen LogP contribution in [0.2, 0.25) is 0 Å². The number of ether oxygens (including phenoxy) is 3. The van der Waals surface area contributed by atoms with Gasteiger partial charge in [0.15, 0.2) is 0 Å². The van der Waals surface area contributed by atoms with Crippen LogP contribution in [-0.2, 0) is 9.53 Å². The van der Waals surface area contributed by atoms with E-state index in [1.54, 1.807) is 19.1 Å². The summed E-state index contributed by atoms with van der Waals surface area (Å²) in [4.78, 5) is 22.7. The highest BCUT2D eigenvalue weighted by Gasteiger charge is 2.23. The maximum Gasteiger partial charge on any atom is 0.323 e. The molecule has 2 aromatic rings. The molecule has 0 unspecified atom stereocenters. The number of carbonyl (C=O) groups excluding carboxylic acids is 1. The maximum atomic E-state index is 12.4. The molecule has 1 N–H and O–H groups in total. The fourth-order valence-electron chi connectivity index (χ4n) is 2.61. The van der Waals surface area contributed by atoms with Gasteiger partial charge in [-0.3, -0.25) is 14.9 Å². The smallest absolute Gasteiger partial charge is 0.323 e. The van der Waals surface area contributed by atoms with Crippen LogP contribution in [0, 0.1) is 16.0 Å². The summed E-state index contributed by atoms with van der Waals surface area (Å²) in [6.07, 6.45) is 0.868. The van der Waals surface area contributed by atoms with Gasteiger partial charge >= 0.3 is 12.4 Å². The Balaban J connectivity index is 2.05. The van der Waals surface area contributed by atoms with E-state index in [0.29, 0.717) is 24.0 Å². The minimum atomic E-state index is -1.01. The van der Waals surface area contributed by atoms with Crippen molar-refractivity contribution in [1.29, 1.82) is 0 Å². The molecule has 0 radical (unpaired) electrons. The lowest BCUT2D eigenvalue weighted by molar-refractivity contribution is -0.384. The summed E-state index contributed by atoms with van der Waals surface area (Å²) in [5.41, 5.74) is -0.0471. The first kappa shape index (κ1) is 23.2. The van der Waals surface area contributed by atoms with E-state index in [4.69, 9.17) is 14.2 Å². The normalized spacial score (nSPS) is 12.8. The van der Waals surface area contributed by atoms with E-state index in [-0.39, 0.29) is 5.69 Å². The zero-order valence-electron chi connectivity index (χ0n) is 17.4. The molecule has 0 aliphatic rings. The van der Waals surface area contributed by atoms with E-state index < -0.39 is 23.3 Å². The number of nitrogens with one attached hydrogen (secondary N) is 1. The molecular weight excluding hydrogens is 388 g/mol. The highest BCUT2D eigenvalue weighted by atomic mass is 16.7. The number of non-ortho nitro benzene ring substituents is 1. The predicted molar refractivity (Wildman–Crippen MR) is 112 cm³/mol. The van der Waals surface area contributed by atoms with Crippen LogP contribution in [0.3, 0.4) is 0 Å². The molecule has 0 saturated carbocycles. The van der Waals surface area contributed by atoms with Crippen molar-refractivity contribution < 1.29 is 23.9 Å². The first-order valence-electron chi connectivity index (χ1n) is 9.98. The molecule has 2 atom stereocenters. The summed E-state index contributed by atoms with van der Waals surface area (Å²) in [7, 11) is 0. The van der Waals surface area contributed by atoms with Crippen molar-refractivity contribution in [3.8, 4) is 11.5 Å². The number of rotatable bonds is 12. The van der Waals surface area contributed by atoms with Gasteiger partial charge in [0.05, 0.1) is 11.5 Å². The third kappa shape index (κ3) is 7.36. The van der Waals surface area contributed by atoms with E-state index in [1.807, 2.05) is 18.2 Å². The van der Waals surface area contributed by atoms with E-state index in [2.05, 4.69) is 19.2 Å². The standard InChI is InChI=1S/C22H28N2O6/c1-4-17(5-2)15-28-21(25)16(3)23-22(29-19-9-7-6-8-10-19)30-20-13-11-18(12-14-20)24(26)27/h6-14,16-17,22-23H,4-5,15H2,1-3H3/t16-,22+/m0/s1. The summed E-state index contributed by atoms with van der Waals surface area (Å²) in [5.74, 6) is 0.811. The molecule has 0 aromatic heterocycles. The summed E-state index contributed by atoms with van der Waals surface area (Å²) < 4.78 is 17.0. The van der Waals surface area contributed by atoms with Crippen LogP contribution < -0.4 is 14.8 Å². The van der Waals surface area contributed by atoms with E-state index >= 15 is 0 Å². The highest BCUT2D eigenvalue weighted by molar-refractivity contribution is 5.75. The van der Waals surface area contributed by atoms with Crippen molar-refractivity contribution in [3.63, 3.8) is 0 Å². The van der Waals surface area contributed by atoms with E-state index in [0.717, 1.165) is 12.8 Å². The molecule has 8 heteroatoms. The Labute approximate surface area is 176 Å². The summed E-state index contributed by atoms with van der Waals surface area (Å²) in [6.45, 7) is 6.15. The van der Waals surface area contributed by atoms with E-state index in [9.17, 15) is 14.9 Å². The molecule has 0 aliphatic carbocycles. The molecule has 30 heavy (non-hydrogen) atoms. The number of benzene rings is 2. The van der Waals surface area contributed by atoms with Gasteiger partial charge < -0.3 is 14.2 Å². The quantitative estimate of drug-likeness (QED) is 0.238. The van der Waals surface area contributed by atoms with Crippen molar-refractivity contribution in [2.24, 2.45) is 5.92 Å². The molecule has 0 fully saturated rings.